The van der Waals surface area contributed by atoms with Crippen LogP contribution in [0.25, 0.3) is 11.0 Å². The lowest BCUT2D eigenvalue weighted by Gasteiger charge is -2.07. The summed E-state index contributed by atoms with van der Waals surface area (Å²) in [4.78, 5) is 15.8. The topological polar surface area (TPSA) is 59.0 Å². The van der Waals surface area contributed by atoms with Crippen molar-refractivity contribution in [2.75, 3.05) is 19.6 Å². The number of para-hydroxylation sites is 2. The summed E-state index contributed by atoms with van der Waals surface area (Å²) in [5.41, 5.74) is 2.16. The Hall–Kier alpha value is -1.88. The van der Waals surface area contributed by atoms with Crippen LogP contribution in [-0.2, 0) is 11.3 Å². The van der Waals surface area contributed by atoms with E-state index in [1.165, 1.54) is 0 Å². The molecule has 0 fully saturated rings. The molecule has 20 heavy (non-hydrogen) atoms. The number of benzene rings is 1. The number of aromatic nitrogens is 2. The van der Waals surface area contributed by atoms with E-state index in [0.717, 1.165) is 37.0 Å². The summed E-state index contributed by atoms with van der Waals surface area (Å²) in [6.45, 7) is 4.93. The van der Waals surface area contributed by atoms with Crippen molar-refractivity contribution in [1.29, 1.82) is 0 Å². The minimum atomic E-state index is 0.0638. The van der Waals surface area contributed by atoms with Crippen LogP contribution in [0.2, 0.25) is 0 Å². The lowest BCUT2D eigenvalue weighted by molar-refractivity contribution is -0.120. The highest BCUT2D eigenvalue weighted by Crippen LogP contribution is 2.11. The van der Waals surface area contributed by atoms with Crippen molar-refractivity contribution < 1.29 is 4.79 Å². The van der Waals surface area contributed by atoms with Crippen LogP contribution in [-0.4, -0.2) is 35.1 Å². The third kappa shape index (κ3) is 4.06. The van der Waals surface area contributed by atoms with Crippen LogP contribution in [0.5, 0.6) is 0 Å². The van der Waals surface area contributed by atoms with Crippen LogP contribution in [0.15, 0.2) is 30.6 Å². The first-order valence-corrected chi connectivity index (χ1v) is 7.18. The quantitative estimate of drug-likeness (QED) is 0.718. The summed E-state index contributed by atoms with van der Waals surface area (Å²) < 4.78 is 2.12. The second-order valence-corrected chi connectivity index (χ2v) is 4.81. The first-order valence-electron chi connectivity index (χ1n) is 7.18. The molecular weight excluding hydrogens is 252 g/mol. The maximum Gasteiger partial charge on any atom is 0.233 e. The van der Waals surface area contributed by atoms with Gasteiger partial charge in [0.05, 0.1) is 23.9 Å². The number of hydrogen-bond donors (Lipinski definition) is 2. The molecule has 2 rings (SSSR count). The highest BCUT2D eigenvalue weighted by Gasteiger charge is 2.02. The van der Waals surface area contributed by atoms with E-state index in [-0.39, 0.29) is 5.91 Å². The molecule has 0 aliphatic rings. The second kappa shape index (κ2) is 7.65. The molecule has 1 aromatic heterocycles. The van der Waals surface area contributed by atoms with Crippen LogP contribution < -0.4 is 10.6 Å². The van der Waals surface area contributed by atoms with Crippen molar-refractivity contribution in [3.63, 3.8) is 0 Å². The monoisotopic (exact) mass is 274 g/mol. The molecule has 0 radical (unpaired) electrons. The number of fused-ring (bicyclic) bond motifs is 1. The Morgan fingerprint density at radius 2 is 2.15 bits per heavy atom. The maximum absolute atomic E-state index is 11.5. The molecule has 1 amide bonds. The standard InChI is InChI=1S/C15H22N4O/c1-2-8-16-11-15(20)17-9-5-10-19-12-18-13-6-3-4-7-14(13)19/h3-4,6-7,12,16H,2,5,8-11H2,1H3,(H,17,20). The lowest BCUT2D eigenvalue weighted by Crippen LogP contribution is -2.34. The van der Waals surface area contributed by atoms with Crippen LogP contribution >= 0.6 is 0 Å². The molecule has 5 nitrogen and oxygen atoms in total. The summed E-state index contributed by atoms with van der Waals surface area (Å²) in [5.74, 6) is 0.0638. The Morgan fingerprint density at radius 1 is 1.30 bits per heavy atom. The zero-order valence-corrected chi connectivity index (χ0v) is 11.9. The fourth-order valence-electron chi connectivity index (χ4n) is 2.11. The minimum Gasteiger partial charge on any atom is -0.355 e. The normalized spacial score (nSPS) is 10.8. The molecule has 0 saturated heterocycles. The van der Waals surface area contributed by atoms with Crippen LogP contribution in [0.4, 0.5) is 0 Å². The fourth-order valence-corrected chi connectivity index (χ4v) is 2.11. The molecule has 5 heteroatoms. The molecular formula is C15H22N4O. The van der Waals surface area contributed by atoms with Gasteiger partial charge < -0.3 is 15.2 Å². The van der Waals surface area contributed by atoms with Gasteiger partial charge in [-0.2, -0.15) is 0 Å². The SMILES string of the molecule is CCCNCC(=O)NCCCn1cnc2ccccc21. The summed E-state index contributed by atoms with van der Waals surface area (Å²) in [6, 6.07) is 8.08. The van der Waals surface area contributed by atoms with Crippen molar-refractivity contribution in [2.45, 2.75) is 26.3 Å². The van der Waals surface area contributed by atoms with Gasteiger partial charge in [-0.3, -0.25) is 4.79 Å². The van der Waals surface area contributed by atoms with E-state index in [0.29, 0.717) is 13.1 Å². The molecule has 0 spiro atoms. The third-order valence-corrected chi connectivity index (χ3v) is 3.14. The smallest absolute Gasteiger partial charge is 0.233 e. The Labute approximate surface area is 119 Å². The van der Waals surface area contributed by atoms with Crippen molar-refractivity contribution >= 4 is 16.9 Å². The number of aryl methyl sites for hydroxylation is 1. The Balaban J connectivity index is 1.70. The Kier molecular flexibility index (Phi) is 5.55. The van der Waals surface area contributed by atoms with Gasteiger partial charge in [-0.15, -0.1) is 0 Å². The molecule has 0 aliphatic heterocycles. The number of amides is 1. The maximum atomic E-state index is 11.5. The largest absolute Gasteiger partial charge is 0.355 e. The van der Waals surface area contributed by atoms with E-state index >= 15 is 0 Å². The number of carbonyl (C=O) groups excluding carboxylic acids is 1. The summed E-state index contributed by atoms with van der Waals surface area (Å²) in [5, 5.41) is 6.00. The highest BCUT2D eigenvalue weighted by molar-refractivity contribution is 5.78. The van der Waals surface area contributed by atoms with Gasteiger partial charge in [0.1, 0.15) is 0 Å². The highest BCUT2D eigenvalue weighted by atomic mass is 16.1. The molecule has 0 saturated carbocycles. The molecule has 0 aliphatic carbocycles. The van der Waals surface area contributed by atoms with Crippen molar-refractivity contribution in [2.24, 2.45) is 0 Å². The molecule has 0 bridgehead atoms. The van der Waals surface area contributed by atoms with E-state index in [1.807, 2.05) is 24.5 Å². The molecule has 0 atom stereocenters. The van der Waals surface area contributed by atoms with Crippen LogP contribution in [0.1, 0.15) is 19.8 Å². The van der Waals surface area contributed by atoms with Crippen molar-refractivity contribution in [1.82, 2.24) is 20.2 Å². The minimum absolute atomic E-state index is 0.0638. The predicted octanol–water partition coefficient (Wildman–Crippen LogP) is 1.54. The van der Waals surface area contributed by atoms with E-state index in [4.69, 9.17) is 0 Å². The average molecular weight is 274 g/mol. The molecule has 0 unspecified atom stereocenters. The number of carbonyl (C=O) groups is 1. The molecule has 1 heterocycles. The van der Waals surface area contributed by atoms with Gasteiger partial charge in [-0.1, -0.05) is 19.1 Å². The zero-order valence-electron chi connectivity index (χ0n) is 11.9. The van der Waals surface area contributed by atoms with E-state index in [2.05, 4.69) is 33.2 Å². The number of nitrogens with one attached hydrogen (secondary N) is 2. The first-order chi connectivity index (χ1) is 9.81. The Bertz CT molecular complexity index is 550. The van der Waals surface area contributed by atoms with Gasteiger partial charge in [-0.25, -0.2) is 4.98 Å². The average Bonchev–Trinajstić information content (AvgIpc) is 2.87. The van der Waals surface area contributed by atoms with E-state index < -0.39 is 0 Å². The second-order valence-electron chi connectivity index (χ2n) is 4.81. The van der Waals surface area contributed by atoms with Crippen molar-refractivity contribution in [3.8, 4) is 0 Å². The first kappa shape index (κ1) is 14.5. The van der Waals surface area contributed by atoms with E-state index in [9.17, 15) is 4.79 Å². The van der Waals surface area contributed by atoms with Gasteiger partial charge in [0.15, 0.2) is 0 Å². The van der Waals surface area contributed by atoms with Gasteiger partial charge in [-0.05, 0) is 31.5 Å². The number of nitrogens with zero attached hydrogens (tertiary/aromatic N) is 2. The number of rotatable bonds is 8. The van der Waals surface area contributed by atoms with Gasteiger partial charge >= 0.3 is 0 Å². The summed E-state index contributed by atoms with van der Waals surface area (Å²) in [7, 11) is 0. The van der Waals surface area contributed by atoms with E-state index in [1.54, 1.807) is 0 Å². The third-order valence-electron chi connectivity index (χ3n) is 3.14. The molecule has 2 N–H and O–H groups in total. The predicted molar refractivity (Wildman–Crippen MR) is 80.5 cm³/mol. The van der Waals surface area contributed by atoms with Crippen LogP contribution in [0, 0.1) is 0 Å². The molecule has 2 aromatic rings. The number of imidazole rings is 1. The summed E-state index contributed by atoms with van der Waals surface area (Å²) >= 11 is 0. The molecule has 1 aromatic carbocycles. The Morgan fingerprint density at radius 3 is 3.00 bits per heavy atom. The van der Waals surface area contributed by atoms with Gasteiger partial charge in [0.2, 0.25) is 5.91 Å². The summed E-state index contributed by atoms with van der Waals surface area (Å²) in [6.07, 6.45) is 3.80. The number of hydrogen-bond acceptors (Lipinski definition) is 3. The molecule has 108 valence electrons. The van der Waals surface area contributed by atoms with Gasteiger partial charge in [0.25, 0.3) is 0 Å². The van der Waals surface area contributed by atoms with Crippen molar-refractivity contribution in [3.05, 3.63) is 30.6 Å². The van der Waals surface area contributed by atoms with Crippen LogP contribution in [0.3, 0.4) is 0 Å². The zero-order chi connectivity index (χ0) is 14.2. The lowest BCUT2D eigenvalue weighted by atomic mass is 10.3. The fraction of sp³-hybridized carbons (Fsp3) is 0.467. The van der Waals surface area contributed by atoms with Gasteiger partial charge in [0, 0.05) is 13.1 Å².